The third kappa shape index (κ3) is 4.90. The highest BCUT2D eigenvalue weighted by molar-refractivity contribution is 5.97. The number of hydrogen-bond acceptors (Lipinski definition) is 5. The summed E-state index contributed by atoms with van der Waals surface area (Å²) in [5.41, 5.74) is 1.72. The average molecular weight is 402 g/mol. The fourth-order valence-corrected chi connectivity index (χ4v) is 3.98. The summed E-state index contributed by atoms with van der Waals surface area (Å²) in [4.78, 5) is 19.7. The number of imidazole rings is 1. The van der Waals surface area contributed by atoms with Crippen molar-refractivity contribution in [3.8, 4) is 11.5 Å². The molecule has 1 aromatic heterocycles. The van der Waals surface area contributed by atoms with Crippen molar-refractivity contribution in [1.29, 1.82) is 0 Å². The van der Waals surface area contributed by atoms with Gasteiger partial charge in [-0.2, -0.15) is 0 Å². The van der Waals surface area contributed by atoms with Gasteiger partial charge >= 0.3 is 0 Å². The molecule has 3 rings (SSSR count). The monoisotopic (exact) mass is 401 g/mol. The second kappa shape index (κ2) is 9.78. The van der Waals surface area contributed by atoms with E-state index in [1.807, 2.05) is 11.1 Å². The van der Waals surface area contributed by atoms with Crippen LogP contribution in [0, 0.1) is 12.8 Å². The lowest BCUT2D eigenvalue weighted by Gasteiger charge is -2.33. The molecule has 0 N–H and O–H groups in total. The number of methoxy groups -OCH3 is 3. The minimum Gasteiger partial charge on any atom is -0.497 e. The number of likely N-dealkylation sites (tertiary alicyclic amines) is 1. The molecule has 1 amide bonds. The van der Waals surface area contributed by atoms with Gasteiger partial charge in [0, 0.05) is 51.1 Å². The number of hydrogen-bond donors (Lipinski definition) is 0. The van der Waals surface area contributed by atoms with Crippen LogP contribution in [0.1, 0.15) is 34.7 Å². The van der Waals surface area contributed by atoms with Gasteiger partial charge < -0.3 is 23.7 Å². The van der Waals surface area contributed by atoms with Gasteiger partial charge in [-0.3, -0.25) is 4.79 Å². The average Bonchev–Trinajstić information content (AvgIpc) is 3.10. The van der Waals surface area contributed by atoms with E-state index in [4.69, 9.17) is 14.2 Å². The summed E-state index contributed by atoms with van der Waals surface area (Å²) in [5.74, 6) is 2.68. The molecule has 1 aliphatic rings. The molecule has 2 heterocycles. The number of piperidine rings is 1. The van der Waals surface area contributed by atoms with E-state index < -0.39 is 0 Å². The third-order valence-electron chi connectivity index (χ3n) is 5.57. The SMILES string of the molecule is COCCn1c(C)cnc1CC1CCCN(C(=O)c2ccc(OC)cc2OC)C1. The van der Waals surface area contributed by atoms with Gasteiger partial charge in [0.2, 0.25) is 0 Å². The minimum absolute atomic E-state index is 0.00751. The molecule has 1 saturated heterocycles. The van der Waals surface area contributed by atoms with E-state index in [-0.39, 0.29) is 5.91 Å². The molecule has 1 fully saturated rings. The van der Waals surface area contributed by atoms with Gasteiger partial charge in [0.25, 0.3) is 5.91 Å². The van der Waals surface area contributed by atoms with Crippen molar-refractivity contribution < 1.29 is 19.0 Å². The predicted molar refractivity (Wildman–Crippen MR) is 111 cm³/mol. The van der Waals surface area contributed by atoms with E-state index in [2.05, 4.69) is 16.5 Å². The number of benzene rings is 1. The standard InChI is InChI=1S/C22H31N3O4/c1-16-14-23-21(25(16)10-11-27-2)12-17-6-5-9-24(15-17)22(26)19-8-7-18(28-3)13-20(19)29-4/h7-8,13-14,17H,5-6,9-12,15H2,1-4H3. The molecule has 158 valence electrons. The number of carbonyl (C=O) groups is 1. The number of aromatic nitrogens is 2. The normalized spacial score (nSPS) is 16.7. The van der Waals surface area contributed by atoms with E-state index in [1.165, 1.54) is 0 Å². The first-order chi connectivity index (χ1) is 14.1. The maximum absolute atomic E-state index is 13.2. The van der Waals surface area contributed by atoms with Gasteiger partial charge in [-0.05, 0) is 37.8 Å². The minimum atomic E-state index is 0.00751. The van der Waals surface area contributed by atoms with Crippen LogP contribution in [0.2, 0.25) is 0 Å². The van der Waals surface area contributed by atoms with Crippen LogP contribution in [0.3, 0.4) is 0 Å². The van der Waals surface area contributed by atoms with Crippen LogP contribution in [0.4, 0.5) is 0 Å². The van der Waals surface area contributed by atoms with Crippen molar-refractivity contribution in [2.75, 3.05) is 41.0 Å². The van der Waals surface area contributed by atoms with Crippen molar-refractivity contribution in [1.82, 2.24) is 14.5 Å². The van der Waals surface area contributed by atoms with Crippen molar-refractivity contribution in [2.24, 2.45) is 5.92 Å². The number of ether oxygens (including phenoxy) is 3. The van der Waals surface area contributed by atoms with Gasteiger partial charge in [-0.25, -0.2) is 4.98 Å². The predicted octanol–water partition coefficient (Wildman–Crippen LogP) is 2.95. The molecule has 1 unspecified atom stereocenters. The van der Waals surface area contributed by atoms with Crippen LogP contribution in [-0.4, -0.2) is 61.4 Å². The van der Waals surface area contributed by atoms with Crippen LogP contribution in [-0.2, 0) is 17.7 Å². The highest BCUT2D eigenvalue weighted by Crippen LogP contribution is 2.28. The van der Waals surface area contributed by atoms with E-state index in [9.17, 15) is 4.79 Å². The smallest absolute Gasteiger partial charge is 0.257 e. The summed E-state index contributed by atoms with van der Waals surface area (Å²) in [7, 11) is 4.89. The number of rotatable bonds is 8. The Kier molecular flexibility index (Phi) is 7.14. The summed E-state index contributed by atoms with van der Waals surface area (Å²) < 4.78 is 18.1. The molecule has 0 spiro atoms. The number of carbonyl (C=O) groups excluding carboxylic acids is 1. The number of aryl methyl sites for hydroxylation is 1. The molecular formula is C22H31N3O4. The molecule has 7 heteroatoms. The second-order valence-electron chi connectivity index (χ2n) is 7.49. The Bertz CT molecular complexity index is 833. The molecule has 7 nitrogen and oxygen atoms in total. The van der Waals surface area contributed by atoms with E-state index in [0.29, 0.717) is 29.6 Å². The van der Waals surface area contributed by atoms with Crippen molar-refractivity contribution in [3.63, 3.8) is 0 Å². The Morgan fingerprint density at radius 1 is 1.24 bits per heavy atom. The Morgan fingerprint density at radius 3 is 2.79 bits per heavy atom. The van der Waals surface area contributed by atoms with Crippen molar-refractivity contribution in [2.45, 2.75) is 32.7 Å². The Labute approximate surface area is 172 Å². The van der Waals surface area contributed by atoms with E-state index in [0.717, 1.165) is 50.4 Å². The van der Waals surface area contributed by atoms with Crippen LogP contribution in [0.15, 0.2) is 24.4 Å². The van der Waals surface area contributed by atoms with Crippen LogP contribution in [0.5, 0.6) is 11.5 Å². The molecule has 0 saturated carbocycles. The maximum atomic E-state index is 13.2. The summed E-state index contributed by atoms with van der Waals surface area (Å²) in [6.45, 7) is 5.03. The molecule has 1 aromatic carbocycles. The molecule has 0 aliphatic carbocycles. The highest BCUT2D eigenvalue weighted by Gasteiger charge is 2.27. The highest BCUT2D eigenvalue weighted by atomic mass is 16.5. The van der Waals surface area contributed by atoms with Gasteiger partial charge in [-0.15, -0.1) is 0 Å². The summed E-state index contributed by atoms with van der Waals surface area (Å²) >= 11 is 0. The van der Waals surface area contributed by atoms with E-state index in [1.54, 1.807) is 39.5 Å². The van der Waals surface area contributed by atoms with Gasteiger partial charge in [-0.1, -0.05) is 0 Å². The fraction of sp³-hybridized carbons (Fsp3) is 0.545. The van der Waals surface area contributed by atoms with Crippen molar-refractivity contribution >= 4 is 5.91 Å². The first-order valence-electron chi connectivity index (χ1n) is 10.1. The van der Waals surface area contributed by atoms with Crippen LogP contribution in [0.25, 0.3) is 0 Å². The lowest BCUT2D eigenvalue weighted by Crippen LogP contribution is -2.41. The first-order valence-corrected chi connectivity index (χ1v) is 10.1. The van der Waals surface area contributed by atoms with Gasteiger partial charge in [0.1, 0.15) is 17.3 Å². The van der Waals surface area contributed by atoms with Gasteiger partial charge in [0.15, 0.2) is 0 Å². The number of amides is 1. The van der Waals surface area contributed by atoms with Crippen molar-refractivity contribution in [3.05, 3.63) is 41.5 Å². The Hall–Kier alpha value is -2.54. The maximum Gasteiger partial charge on any atom is 0.257 e. The van der Waals surface area contributed by atoms with Crippen LogP contribution < -0.4 is 9.47 Å². The molecular weight excluding hydrogens is 370 g/mol. The van der Waals surface area contributed by atoms with Crippen LogP contribution >= 0.6 is 0 Å². The summed E-state index contributed by atoms with van der Waals surface area (Å²) in [6, 6.07) is 5.33. The molecule has 29 heavy (non-hydrogen) atoms. The molecule has 1 aliphatic heterocycles. The lowest BCUT2D eigenvalue weighted by atomic mass is 9.93. The summed E-state index contributed by atoms with van der Waals surface area (Å²) in [6.07, 6.45) is 4.87. The molecule has 0 bridgehead atoms. The quantitative estimate of drug-likeness (QED) is 0.680. The molecule has 1 atom stereocenters. The zero-order valence-electron chi connectivity index (χ0n) is 17.8. The Balaban J connectivity index is 1.70. The zero-order valence-corrected chi connectivity index (χ0v) is 17.8. The molecule has 2 aromatic rings. The second-order valence-corrected chi connectivity index (χ2v) is 7.49. The van der Waals surface area contributed by atoms with Gasteiger partial charge in [0.05, 0.1) is 26.4 Å². The topological polar surface area (TPSA) is 65.8 Å². The third-order valence-corrected chi connectivity index (χ3v) is 5.57. The number of nitrogens with zero attached hydrogens (tertiary/aromatic N) is 3. The van der Waals surface area contributed by atoms with E-state index >= 15 is 0 Å². The first kappa shape index (κ1) is 21.2. The Morgan fingerprint density at radius 2 is 2.07 bits per heavy atom. The zero-order chi connectivity index (χ0) is 20.8. The lowest BCUT2D eigenvalue weighted by molar-refractivity contribution is 0.0668. The fourth-order valence-electron chi connectivity index (χ4n) is 3.98. The molecule has 0 radical (unpaired) electrons. The largest absolute Gasteiger partial charge is 0.497 e. The summed E-state index contributed by atoms with van der Waals surface area (Å²) in [5, 5.41) is 0.